The summed E-state index contributed by atoms with van der Waals surface area (Å²) in [4.78, 5) is 9.71. The van der Waals surface area contributed by atoms with Gasteiger partial charge in [0.05, 0.1) is 5.69 Å². The zero-order valence-electron chi connectivity index (χ0n) is 24.3. The van der Waals surface area contributed by atoms with E-state index in [9.17, 15) is 0 Å². The van der Waals surface area contributed by atoms with Gasteiger partial charge in [-0.2, -0.15) is 9.67 Å². The monoisotopic (exact) mass is 561 g/mol. The van der Waals surface area contributed by atoms with Crippen molar-refractivity contribution in [1.82, 2.24) is 34.8 Å². The highest BCUT2D eigenvalue weighted by Gasteiger charge is 2.27. The van der Waals surface area contributed by atoms with Crippen molar-refractivity contribution >= 4 is 23.3 Å². The van der Waals surface area contributed by atoms with Crippen LogP contribution in [0, 0.1) is 0 Å². The van der Waals surface area contributed by atoms with Gasteiger partial charge in [0.25, 0.3) is 0 Å². The summed E-state index contributed by atoms with van der Waals surface area (Å²) in [6.07, 6.45) is 10.5. The van der Waals surface area contributed by atoms with E-state index < -0.39 is 0 Å². The van der Waals surface area contributed by atoms with Gasteiger partial charge in [-0.3, -0.25) is 0 Å². The van der Waals surface area contributed by atoms with E-state index in [2.05, 4.69) is 96.9 Å². The minimum atomic E-state index is 0.269. The minimum Gasteiger partial charge on any atom is -0.371 e. The first-order valence-electron chi connectivity index (χ1n) is 15.4. The number of aromatic nitrogens is 5. The lowest BCUT2D eigenvalue weighted by molar-refractivity contribution is 0.159. The molecule has 7 rings (SSSR count). The number of nitrogens with zero attached hydrogens (tertiary/aromatic N) is 7. The topological polar surface area (TPSA) is 101 Å². The molecule has 0 unspecified atom stereocenters. The fraction of sp³-hybridized carbons (Fsp3) is 0.394. The van der Waals surface area contributed by atoms with Crippen LogP contribution in [0.15, 0.2) is 60.7 Å². The van der Waals surface area contributed by atoms with Crippen LogP contribution in [0.4, 0.5) is 17.6 Å². The van der Waals surface area contributed by atoms with E-state index in [0.717, 1.165) is 60.9 Å². The van der Waals surface area contributed by atoms with E-state index in [1.165, 1.54) is 55.6 Å². The lowest BCUT2D eigenvalue weighted by atomic mass is 10.0. The highest BCUT2D eigenvalue weighted by Crippen LogP contribution is 2.32. The molecule has 4 heterocycles. The summed E-state index contributed by atoms with van der Waals surface area (Å²) in [6, 6.07) is 19.7. The number of aryl methyl sites for hydroxylation is 2. The zero-order chi connectivity index (χ0) is 28.5. The Bertz CT molecular complexity index is 1580. The number of allylic oxidation sites excluding steroid dienone is 1. The van der Waals surface area contributed by atoms with E-state index in [0.29, 0.717) is 11.8 Å². The Labute approximate surface area is 247 Å². The molecule has 0 spiro atoms. The van der Waals surface area contributed by atoms with Crippen LogP contribution in [-0.2, 0) is 12.8 Å². The van der Waals surface area contributed by atoms with Gasteiger partial charge in [0.2, 0.25) is 11.9 Å². The van der Waals surface area contributed by atoms with Crippen LogP contribution in [0.1, 0.15) is 55.7 Å². The van der Waals surface area contributed by atoms with Gasteiger partial charge < -0.3 is 20.9 Å². The number of hydrogen-bond acceptors (Lipinski definition) is 8. The van der Waals surface area contributed by atoms with Gasteiger partial charge in [-0.1, -0.05) is 42.5 Å². The number of rotatable bonds is 6. The molecule has 216 valence electrons. The van der Waals surface area contributed by atoms with E-state index in [1.54, 1.807) is 4.68 Å². The number of hydrogen-bond donors (Lipinski definition) is 2. The Morgan fingerprint density at radius 1 is 0.905 bits per heavy atom. The molecule has 2 fully saturated rings. The average molecular weight is 562 g/mol. The molecular formula is C33H39N9. The summed E-state index contributed by atoms with van der Waals surface area (Å²) in [6.45, 7) is 6.92. The van der Waals surface area contributed by atoms with Crippen LogP contribution in [-0.4, -0.2) is 67.0 Å². The second kappa shape index (κ2) is 11.6. The van der Waals surface area contributed by atoms with Crippen LogP contribution in [0.2, 0.25) is 0 Å². The number of likely N-dealkylation sites (tertiary alicyclic amines) is 2. The minimum absolute atomic E-state index is 0.269. The maximum Gasteiger partial charge on any atom is 0.248 e. The summed E-state index contributed by atoms with van der Waals surface area (Å²) in [5.74, 6) is 1.27. The molecule has 0 saturated carbocycles. The highest BCUT2D eigenvalue weighted by molar-refractivity contribution is 5.69. The molecule has 2 aromatic heterocycles. The van der Waals surface area contributed by atoms with E-state index in [4.69, 9.17) is 5.73 Å². The van der Waals surface area contributed by atoms with Crippen molar-refractivity contribution in [2.45, 2.75) is 57.9 Å². The molecule has 42 heavy (non-hydrogen) atoms. The quantitative estimate of drug-likeness (QED) is 0.320. The molecule has 0 atom stereocenters. The normalized spacial score (nSPS) is 18.0. The van der Waals surface area contributed by atoms with E-state index >= 15 is 0 Å². The SMILES string of the molecule is C/C=C(\c1ccc(Nc2nc(N)n(-c3cc4c(nn3)-c3ccccc3CCC4)n2)cc1)N1CCC(N2CCCC2)CC1. The van der Waals surface area contributed by atoms with Gasteiger partial charge in [-0.05, 0) is 99.8 Å². The summed E-state index contributed by atoms with van der Waals surface area (Å²) in [7, 11) is 0. The van der Waals surface area contributed by atoms with Gasteiger partial charge in [-0.15, -0.1) is 15.3 Å². The Morgan fingerprint density at radius 3 is 2.45 bits per heavy atom. The number of nitrogens with two attached hydrogens (primary N) is 1. The molecule has 4 aromatic rings. The lowest BCUT2D eigenvalue weighted by Gasteiger charge is -2.39. The first kappa shape index (κ1) is 26.6. The van der Waals surface area contributed by atoms with Crippen molar-refractivity contribution in [3.05, 3.63) is 77.4 Å². The Kier molecular flexibility index (Phi) is 7.34. The maximum absolute atomic E-state index is 6.29. The fourth-order valence-electron chi connectivity index (χ4n) is 6.89. The average Bonchev–Trinajstić information content (AvgIpc) is 3.65. The molecule has 2 aromatic carbocycles. The van der Waals surface area contributed by atoms with Gasteiger partial charge in [-0.25, -0.2) is 0 Å². The molecule has 3 aliphatic rings. The number of nitrogen functional groups attached to an aromatic ring is 1. The number of piperidine rings is 1. The van der Waals surface area contributed by atoms with Crippen LogP contribution in [0.25, 0.3) is 22.8 Å². The van der Waals surface area contributed by atoms with Crippen molar-refractivity contribution < 1.29 is 0 Å². The second-order valence-electron chi connectivity index (χ2n) is 11.6. The standard InChI is InChI=1S/C33H39N9/c1-2-29(41-20-16-27(17-21-41)40-18-5-6-19-40)24-12-14-26(15-13-24)35-33-36-32(34)42(39-33)30-22-25-10-7-9-23-8-3-4-11-28(23)31(25)38-37-30/h2-4,8,11-15,22,27H,5-7,9-10,16-21H2,1H3,(H3,34,35,36,39)/b29-2+. The third kappa shape index (κ3) is 5.25. The molecule has 3 N–H and O–H groups in total. The van der Waals surface area contributed by atoms with Gasteiger partial charge >= 0.3 is 0 Å². The van der Waals surface area contributed by atoms with Gasteiger partial charge in [0, 0.05) is 36.1 Å². The summed E-state index contributed by atoms with van der Waals surface area (Å²) in [5.41, 5.74) is 14.3. The Morgan fingerprint density at radius 2 is 1.67 bits per heavy atom. The maximum atomic E-state index is 6.29. The van der Waals surface area contributed by atoms with Crippen LogP contribution in [0.5, 0.6) is 0 Å². The van der Waals surface area contributed by atoms with E-state index in [1.807, 2.05) is 6.07 Å². The van der Waals surface area contributed by atoms with Crippen LogP contribution >= 0.6 is 0 Å². The van der Waals surface area contributed by atoms with Crippen molar-refractivity contribution in [3.8, 4) is 17.1 Å². The van der Waals surface area contributed by atoms with Crippen molar-refractivity contribution in [3.63, 3.8) is 0 Å². The van der Waals surface area contributed by atoms with Gasteiger partial charge in [0.15, 0.2) is 5.82 Å². The third-order valence-corrected chi connectivity index (χ3v) is 9.05. The molecule has 0 amide bonds. The fourth-order valence-corrected chi connectivity index (χ4v) is 6.89. The first-order valence-corrected chi connectivity index (χ1v) is 15.4. The van der Waals surface area contributed by atoms with Crippen LogP contribution in [0.3, 0.4) is 0 Å². The third-order valence-electron chi connectivity index (χ3n) is 9.05. The number of fused-ring (bicyclic) bond motifs is 3. The Hall–Kier alpha value is -4.24. The molecule has 2 saturated heterocycles. The molecular weight excluding hydrogens is 522 g/mol. The number of nitrogens with one attached hydrogen (secondary N) is 1. The molecule has 0 bridgehead atoms. The number of anilines is 3. The summed E-state index contributed by atoms with van der Waals surface area (Å²) >= 11 is 0. The first-order chi connectivity index (χ1) is 20.7. The smallest absolute Gasteiger partial charge is 0.248 e. The highest BCUT2D eigenvalue weighted by atomic mass is 15.4. The van der Waals surface area contributed by atoms with Crippen LogP contribution < -0.4 is 11.1 Å². The number of benzene rings is 2. The molecule has 9 heteroatoms. The summed E-state index contributed by atoms with van der Waals surface area (Å²) < 4.78 is 1.56. The molecule has 0 radical (unpaired) electrons. The summed E-state index contributed by atoms with van der Waals surface area (Å²) in [5, 5.41) is 17.0. The van der Waals surface area contributed by atoms with Crippen molar-refractivity contribution in [2.75, 3.05) is 37.2 Å². The predicted octanol–water partition coefficient (Wildman–Crippen LogP) is 5.46. The van der Waals surface area contributed by atoms with Crippen molar-refractivity contribution in [1.29, 1.82) is 0 Å². The molecule has 9 nitrogen and oxygen atoms in total. The molecule has 2 aliphatic heterocycles. The molecule has 1 aliphatic carbocycles. The zero-order valence-corrected chi connectivity index (χ0v) is 24.3. The van der Waals surface area contributed by atoms with Gasteiger partial charge in [0.1, 0.15) is 0 Å². The largest absolute Gasteiger partial charge is 0.371 e. The van der Waals surface area contributed by atoms with Crippen molar-refractivity contribution in [2.24, 2.45) is 0 Å². The second-order valence-corrected chi connectivity index (χ2v) is 11.6. The lowest BCUT2D eigenvalue weighted by Crippen LogP contribution is -2.43. The predicted molar refractivity (Wildman–Crippen MR) is 168 cm³/mol. The Balaban J connectivity index is 1.03. The van der Waals surface area contributed by atoms with E-state index in [-0.39, 0.29) is 5.95 Å².